The van der Waals surface area contributed by atoms with Crippen molar-refractivity contribution in [2.75, 3.05) is 52.7 Å². The molecule has 3 aliphatic heterocycles. The third kappa shape index (κ3) is 4.38. The molecule has 1 aromatic heterocycles. The van der Waals surface area contributed by atoms with Gasteiger partial charge in [-0.15, -0.1) is 0 Å². The maximum Gasteiger partial charge on any atom is 0.254 e. The van der Waals surface area contributed by atoms with Crippen molar-refractivity contribution in [1.29, 1.82) is 0 Å². The Balaban J connectivity index is 1.34. The monoisotopic (exact) mass is 440 g/mol. The highest BCUT2D eigenvalue weighted by Crippen LogP contribution is 2.36. The zero-order valence-electron chi connectivity index (χ0n) is 18.0. The molecule has 1 fully saturated rings. The standard InChI is InChI=1S/C24H28N2O6/c27-23-3-1-2-20-19-12-17(15-26(20)23)14-25(16-19)24(28)18-4-5-21-22(13-18)32-11-9-30-7-6-29-8-10-31-21/h1-5,13,17,19H,6-12,14-16H2/t17-,19+/m1/s1. The summed E-state index contributed by atoms with van der Waals surface area (Å²) < 4.78 is 24.5. The van der Waals surface area contributed by atoms with Gasteiger partial charge in [0.05, 0.1) is 26.4 Å². The third-order valence-corrected chi connectivity index (χ3v) is 6.30. The summed E-state index contributed by atoms with van der Waals surface area (Å²) in [7, 11) is 0. The van der Waals surface area contributed by atoms with E-state index in [0.29, 0.717) is 76.3 Å². The van der Waals surface area contributed by atoms with Crippen molar-refractivity contribution < 1.29 is 23.7 Å². The second-order valence-corrected chi connectivity index (χ2v) is 8.49. The normalized spacial score (nSPS) is 23.4. The van der Waals surface area contributed by atoms with Crippen LogP contribution in [0.4, 0.5) is 0 Å². The molecule has 5 rings (SSSR count). The Bertz CT molecular complexity index is 1040. The molecule has 1 aromatic carbocycles. The van der Waals surface area contributed by atoms with Crippen LogP contribution in [0.3, 0.4) is 0 Å². The fourth-order valence-corrected chi connectivity index (χ4v) is 4.86. The van der Waals surface area contributed by atoms with Crippen LogP contribution in [-0.2, 0) is 16.0 Å². The van der Waals surface area contributed by atoms with Crippen molar-refractivity contribution in [2.45, 2.75) is 18.9 Å². The quantitative estimate of drug-likeness (QED) is 0.674. The molecule has 1 saturated heterocycles. The van der Waals surface area contributed by atoms with Gasteiger partial charge >= 0.3 is 0 Å². The van der Waals surface area contributed by atoms with Crippen molar-refractivity contribution in [1.82, 2.24) is 9.47 Å². The van der Waals surface area contributed by atoms with Crippen molar-refractivity contribution in [3.05, 3.63) is 58.0 Å². The summed E-state index contributed by atoms with van der Waals surface area (Å²) in [6.07, 6.45) is 1.01. The molecule has 3 aliphatic rings. The second kappa shape index (κ2) is 9.34. The fourth-order valence-electron chi connectivity index (χ4n) is 4.86. The number of carbonyl (C=O) groups is 1. The summed E-state index contributed by atoms with van der Waals surface area (Å²) in [5.41, 5.74) is 1.65. The van der Waals surface area contributed by atoms with E-state index in [2.05, 4.69) is 0 Å². The summed E-state index contributed by atoms with van der Waals surface area (Å²) in [6, 6.07) is 10.8. The fraction of sp³-hybridized carbons (Fsp3) is 0.500. The zero-order valence-corrected chi connectivity index (χ0v) is 18.0. The van der Waals surface area contributed by atoms with Gasteiger partial charge in [-0.1, -0.05) is 6.07 Å². The van der Waals surface area contributed by atoms with Gasteiger partial charge in [-0.3, -0.25) is 9.59 Å². The van der Waals surface area contributed by atoms with Crippen molar-refractivity contribution in [3.63, 3.8) is 0 Å². The first kappa shape index (κ1) is 21.0. The van der Waals surface area contributed by atoms with Crippen LogP contribution >= 0.6 is 0 Å². The molecule has 170 valence electrons. The largest absolute Gasteiger partial charge is 0.487 e. The molecular formula is C24H28N2O6. The van der Waals surface area contributed by atoms with Crippen LogP contribution in [0, 0.1) is 5.92 Å². The number of rotatable bonds is 1. The highest BCUT2D eigenvalue weighted by molar-refractivity contribution is 5.95. The Morgan fingerprint density at radius 2 is 1.59 bits per heavy atom. The van der Waals surface area contributed by atoms with E-state index >= 15 is 0 Å². The lowest BCUT2D eigenvalue weighted by Gasteiger charge is -2.42. The summed E-state index contributed by atoms with van der Waals surface area (Å²) in [5.74, 6) is 1.57. The van der Waals surface area contributed by atoms with E-state index in [9.17, 15) is 9.59 Å². The van der Waals surface area contributed by atoms with E-state index in [1.807, 2.05) is 21.6 Å². The molecule has 2 aromatic rings. The molecule has 0 saturated carbocycles. The molecule has 8 heteroatoms. The Morgan fingerprint density at radius 1 is 0.844 bits per heavy atom. The molecule has 4 heterocycles. The molecule has 0 aliphatic carbocycles. The van der Waals surface area contributed by atoms with Gasteiger partial charge in [0.25, 0.3) is 11.5 Å². The third-order valence-electron chi connectivity index (χ3n) is 6.30. The molecular weight excluding hydrogens is 412 g/mol. The molecule has 0 N–H and O–H groups in total. The van der Waals surface area contributed by atoms with E-state index in [4.69, 9.17) is 18.9 Å². The molecule has 0 spiro atoms. The van der Waals surface area contributed by atoms with Crippen LogP contribution in [0.5, 0.6) is 11.5 Å². The van der Waals surface area contributed by atoms with Crippen LogP contribution in [0.2, 0.25) is 0 Å². The van der Waals surface area contributed by atoms with Crippen molar-refractivity contribution >= 4 is 5.91 Å². The van der Waals surface area contributed by atoms with Gasteiger partial charge < -0.3 is 28.4 Å². The minimum atomic E-state index is -0.0245. The van der Waals surface area contributed by atoms with E-state index in [0.717, 1.165) is 12.1 Å². The first-order valence-electron chi connectivity index (χ1n) is 11.2. The van der Waals surface area contributed by atoms with Crippen LogP contribution < -0.4 is 15.0 Å². The van der Waals surface area contributed by atoms with Crippen molar-refractivity contribution in [3.8, 4) is 11.5 Å². The number of likely N-dealkylation sites (tertiary alicyclic amines) is 1. The molecule has 2 bridgehead atoms. The van der Waals surface area contributed by atoms with Crippen molar-refractivity contribution in [2.24, 2.45) is 5.92 Å². The maximum atomic E-state index is 13.4. The molecule has 8 nitrogen and oxygen atoms in total. The van der Waals surface area contributed by atoms with Gasteiger partial charge in [0.1, 0.15) is 13.2 Å². The number of fused-ring (bicyclic) bond motifs is 5. The number of hydrogen-bond acceptors (Lipinski definition) is 6. The number of pyridine rings is 1. The molecule has 2 atom stereocenters. The van der Waals surface area contributed by atoms with Gasteiger partial charge in [0.2, 0.25) is 0 Å². The zero-order chi connectivity index (χ0) is 21.9. The van der Waals surface area contributed by atoms with E-state index in [1.54, 1.807) is 24.3 Å². The first-order chi connectivity index (χ1) is 15.7. The lowest BCUT2D eigenvalue weighted by molar-refractivity contribution is 0.0223. The number of aromatic nitrogens is 1. The Labute approximate surface area is 186 Å². The van der Waals surface area contributed by atoms with Crippen LogP contribution in [0.1, 0.15) is 28.4 Å². The Hall–Kier alpha value is -2.84. The molecule has 32 heavy (non-hydrogen) atoms. The number of ether oxygens (including phenoxy) is 4. The lowest BCUT2D eigenvalue weighted by atomic mass is 9.83. The number of hydrogen-bond donors (Lipinski definition) is 0. The Morgan fingerprint density at radius 3 is 2.41 bits per heavy atom. The minimum Gasteiger partial charge on any atom is -0.487 e. The second-order valence-electron chi connectivity index (χ2n) is 8.49. The smallest absolute Gasteiger partial charge is 0.254 e. The molecule has 0 radical (unpaired) electrons. The number of nitrogens with zero attached hydrogens (tertiary/aromatic N) is 2. The Kier molecular flexibility index (Phi) is 6.14. The molecule has 0 unspecified atom stereocenters. The summed E-state index contributed by atoms with van der Waals surface area (Å²) in [4.78, 5) is 27.5. The average molecular weight is 440 g/mol. The van der Waals surface area contributed by atoms with Gasteiger partial charge in [-0.25, -0.2) is 0 Å². The molecule has 1 amide bonds. The van der Waals surface area contributed by atoms with Crippen LogP contribution in [-0.4, -0.2) is 68.1 Å². The summed E-state index contributed by atoms with van der Waals surface area (Å²) in [5, 5.41) is 0. The number of amides is 1. The van der Waals surface area contributed by atoms with Gasteiger partial charge in [-0.2, -0.15) is 0 Å². The minimum absolute atomic E-state index is 0.0245. The van der Waals surface area contributed by atoms with Crippen LogP contribution in [0.15, 0.2) is 41.2 Å². The van der Waals surface area contributed by atoms with Crippen LogP contribution in [0.25, 0.3) is 0 Å². The van der Waals surface area contributed by atoms with E-state index < -0.39 is 0 Å². The average Bonchev–Trinajstić information content (AvgIpc) is 2.79. The lowest BCUT2D eigenvalue weighted by Crippen LogP contribution is -2.49. The number of carbonyl (C=O) groups excluding carboxylic acids is 1. The maximum absolute atomic E-state index is 13.4. The topological polar surface area (TPSA) is 79.2 Å². The van der Waals surface area contributed by atoms with Gasteiger partial charge in [0, 0.05) is 42.9 Å². The SMILES string of the molecule is O=C(c1ccc2c(c1)OCCOCCOCCO2)N1C[C@H]2C[C@@H](C1)c1cccc(=O)n1C2. The highest BCUT2D eigenvalue weighted by atomic mass is 16.6. The first-order valence-corrected chi connectivity index (χ1v) is 11.2. The van der Waals surface area contributed by atoms with E-state index in [1.165, 1.54) is 0 Å². The van der Waals surface area contributed by atoms with Gasteiger partial charge in [0.15, 0.2) is 11.5 Å². The van der Waals surface area contributed by atoms with E-state index in [-0.39, 0.29) is 23.3 Å². The summed E-state index contributed by atoms with van der Waals surface area (Å²) in [6.45, 7) is 4.64. The van der Waals surface area contributed by atoms with Gasteiger partial charge in [-0.05, 0) is 36.6 Å². The predicted molar refractivity (Wildman–Crippen MR) is 117 cm³/mol. The highest BCUT2D eigenvalue weighted by Gasteiger charge is 2.36. The number of piperidine rings is 1. The predicted octanol–water partition coefficient (Wildman–Crippen LogP) is 1.91. The number of benzene rings is 1. The summed E-state index contributed by atoms with van der Waals surface area (Å²) >= 11 is 0.